The third-order valence-corrected chi connectivity index (χ3v) is 3.35. The molecule has 0 radical (unpaired) electrons. The fourth-order valence-corrected chi connectivity index (χ4v) is 2.12. The van der Waals surface area contributed by atoms with Crippen LogP contribution < -0.4 is 4.90 Å². The smallest absolute Gasteiger partial charge is 0.139 e. The summed E-state index contributed by atoms with van der Waals surface area (Å²) in [7, 11) is 1.91. The Labute approximate surface area is 89.9 Å². The Morgan fingerprint density at radius 2 is 2.20 bits per heavy atom. The molecule has 2 unspecified atom stereocenters. The molecule has 0 spiro atoms. The van der Waals surface area contributed by atoms with Gasteiger partial charge in [0, 0.05) is 38.2 Å². The van der Waals surface area contributed by atoms with Crippen molar-refractivity contribution < 1.29 is 4.79 Å². The van der Waals surface area contributed by atoms with Crippen molar-refractivity contribution in [2.75, 3.05) is 11.4 Å². The van der Waals surface area contributed by atoms with Crippen molar-refractivity contribution in [3.8, 4) is 0 Å². The molecule has 1 aromatic rings. The zero-order chi connectivity index (χ0) is 11.0. The summed E-state index contributed by atoms with van der Waals surface area (Å²) >= 11 is 0. The molecule has 0 N–H and O–H groups in total. The number of Topliss-reactive ketones (excluding diaryl/α,β-unsaturated/α-hetero) is 1. The predicted octanol–water partition coefficient (Wildman–Crippen LogP) is 1.22. The molecular weight excluding hydrogens is 190 g/mol. The molecular formula is C11H17N3O. The van der Waals surface area contributed by atoms with Gasteiger partial charge in [0.1, 0.15) is 5.78 Å². The summed E-state index contributed by atoms with van der Waals surface area (Å²) in [5, 5.41) is 4.16. The van der Waals surface area contributed by atoms with Crippen molar-refractivity contribution in [1.29, 1.82) is 0 Å². The lowest BCUT2D eigenvalue weighted by molar-refractivity contribution is -0.123. The Hall–Kier alpha value is -1.32. The van der Waals surface area contributed by atoms with Crippen molar-refractivity contribution in [3.63, 3.8) is 0 Å². The molecule has 0 aliphatic carbocycles. The number of hydrogen-bond donors (Lipinski definition) is 0. The van der Waals surface area contributed by atoms with Gasteiger partial charge in [-0.05, 0) is 6.92 Å². The van der Waals surface area contributed by atoms with Gasteiger partial charge >= 0.3 is 0 Å². The first-order chi connectivity index (χ1) is 7.09. The molecule has 1 saturated heterocycles. The molecule has 2 heterocycles. The molecule has 0 bridgehead atoms. The lowest BCUT2D eigenvalue weighted by Gasteiger charge is -2.37. The van der Waals surface area contributed by atoms with E-state index in [1.807, 2.05) is 26.4 Å². The number of carbonyl (C=O) groups excluding carboxylic acids is 1. The maximum atomic E-state index is 11.5. The van der Waals surface area contributed by atoms with Crippen molar-refractivity contribution in [3.05, 3.63) is 12.4 Å². The van der Waals surface area contributed by atoms with Crippen LogP contribution in [0, 0.1) is 5.92 Å². The zero-order valence-corrected chi connectivity index (χ0v) is 9.47. The van der Waals surface area contributed by atoms with Gasteiger partial charge in [0.05, 0.1) is 11.9 Å². The van der Waals surface area contributed by atoms with E-state index in [0.29, 0.717) is 12.2 Å². The highest BCUT2D eigenvalue weighted by atomic mass is 16.1. The topological polar surface area (TPSA) is 38.1 Å². The minimum absolute atomic E-state index is 0.124. The quantitative estimate of drug-likeness (QED) is 0.695. The van der Waals surface area contributed by atoms with Crippen LogP contribution >= 0.6 is 0 Å². The van der Waals surface area contributed by atoms with Gasteiger partial charge in [-0.25, -0.2) is 0 Å². The summed E-state index contributed by atoms with van der Waals surface area (Å²) in [6.07, 6.45) is 4.51. The first-order valence-electron chi connectivity index (χ1n) is 5.37. The van der Waals surface area contributed by atoms with E-state index in [1.54, 1.807) is 4.68 Å². The van der Waals surface area contributed by atoms with Gasteiger partial charge in [-0.1, -0.05) is 6.92 Å². The molecule has 4 nitrogen and oxygen atoms in total. The van der Waals surface area contributed by atoms with E-state index in [1.165, 1.54) is 0 Å². The number of aromatic nitrogens is 2. The molecule has 0 saturated carbocycles. The predicted molar refractivity (Wildman–Crippen MR) is 58.8 cm³/mol. The molecule has 1 fully saturated rings. The van der Waals surface area contributed by atoms with Crippen LogP contribution in [0.15, 0.2) is 12.4 Å². The highest BCUT2D eigenvalue weighted by Crippen LogP contribution is 2.25. The van der Waals surface area contributed by atoms with E-state index < -0.39 is 0 Å². The van der Waals surface area contributed by atoms with Gasteiger partial charge in [-0.15, -0.1) is 0 Å². The standard InChI is InChI=1S/C11H17N3O/c1-8-9(2)14(5-4-11(8)15)10-6-12-13(3)7-10/h6-9H,4-5H2,1-3H3. The van der Waals surface area contributed by atoms with E-state index >= 15 is 0 Å². The average molecular weight is 207 g/mol. The highest BCUT2D eigenvalue weighted by molar-refractivity contribution is 5.83. The Morgan fingerprint density at radius 1 is 1.47 bits per heavy atom. The SMILES string of the molecule is CC1C(=O)CCN(c2cnn(C)c2)C1C. The summed E-state index contributed by atoms with van der Waals surface area (Å²) in [5.41, 5.74) is 1.12. The molecule has 1 aliphatic heterocycles. The van der Waals surface area contributed by atoms with Crippen LogP contribution in [0.25, 0.3) is 0 Å². The van der Waals surface area contributed by atoms with Gasteiger partial charge in [-0.3, -0.25) is 9.48 Å². The highest BCUT2D eigenvalue weighted by Gasteiger charge is 2.31. The van der Waals surface area contributed by atoms with Crippen LogP contribution in [0.2, 0.25) is 0 Å². The van der Waals surface area contributed by atoms with Crippen LogP contribution in [0.3, 0.4) is 0 Å². The van der Waals surface area contributed by atoms with Gasteiger partial charge in [-0.2, -0.15) is 5.10 Å². The van der Waals surface area contributed by atoms with Gasteiger partial charge in [0.25, 0.3) is 0 Å². The average Bonchev–Trinajstić information content (AvgIpc) is 2.61. The van der Waals surface area contributed by atoms with Crippen LogP contribution in [-0.2, 0) is 11.8 Å². The maximum Gasteiger partial charge on any atom is 0.139 e. The Bertz CT molecular complexity index is 372. The largest absolute Gasteiger partial charge is 0.365 e. The normalized spacial score (nSPS) is 27.1. The second kappa shape index (κ2) is 3.68. The minimum atomic E-state index is 0.124. The summed E-state index contributed by atoms with van der Waals surface area (Å²) in [6, 6.07) is 0.274. The minimum Gasteiger partial charge on any atom is -0.365 e. The Morgan fingerprint density at radius 3 is 2.80 bits per heavy atom. The molecule has 0 aromatic carbocycles. The van der Waals surface area contributed by atoms with Gasteiger partial charge in [0.2, 0.25) is 0 Å². The van der Waals surface area contributed by atoms with E-state index in [0.717, 1.165) is 12.2 Å². The van der Waals surface area contributed by atoms with Crippen LogP contribution in [0.1, 0.15) is 20.3 Å². The van der Waals surface area contributed by atoms with E-state index in [2.05, 4.69) is 16.9 Å². The second-order valence-corrected chi connectivity index (χ2v) is 4.31. The lowest BCUT2D eigenvalue weighted by atomic mass is 9.90. The third kappa shape index (κ3) is 1.76. The summed E-state index contributed by atoms with van der Waals surface area (Å²) < 4.78 is 1.79. The zero-order valence-electron chi connectivity index (χ0n) is 9.47. The van der Waals surface area contributed by atoms with Crippen LogP contribution in [0.4, 0.5) is 5.69 Å². The fourth-order valence-electron chi connectivity index (χ4n) is 2.12. The Kier molecular flexibility index (Phi) is 2.50. The molecule has 0 amide bonds. The number of hydrogen-bond acceptors (Lipinski definition) is 3. The summed E-state index contributed by atoms with van der Waals surface area (Å²) in [5.74, 6) is 0.501. The molecule has 2 rings (SSSR count). The summed E-state index contributed by atoms with van der Waals surface area (Å²) in [4.78, 5) is 13.8. The van der Waals surface area contributed by atoms with Crippen LogP contribution in [0.5, 0.6) is 0 Å². The molecule has 2 atom stereocenters. The number of aryl methyl sites for hydroxylation is 1. The molecule has 1 aromatic heterocycles. The van der Waals surface area contributed by atoms with E-state index in [-0.39, 0.29) is 12.0 Å². The van der Waals surface area contributed by atoms with Crippen molar-refractivity contribution in [2.24, 2.45) is 13.0 Å². The molecule has 82 valence electrons. The molecule has 15 heavy (non-hydrogen) atoms. The number of nitrogens with zero attached hydrogens (tertiary/aromatic N) is 3. The third-order valence-electron chi connectivity index (χ3n) is 3.35. The first-order valence-corrected chi connectivity index (χ1v) is 5.37. The number of anilines is 1. The second-order valence-electron chi connectivity index (χ2n) is 4.31. The fraction of sp³-hybridized carbons (Fsp3) is 0.636. The number of piperidine rings is 1. The molecule has 1 aliphatic rings. The first kappa shape index (κ1) is 10.2. The van der Waals surface area contributed by atoms with Crippen LogP contribution in [-0.4, -0.2) is 28.2 Å². The molecule has 4 heteroatoms. The van der Waals surface area contributed by atoms with Crippen molar-refractivity contribution >= 4 is 11.5 Å². The maximum absolute atomic E-state index is 11.5. The van der Waals surface area contributed by atoms with Crippen molar-refractivity contribution in [1.82, 2.24) is 9.78 Å². The van der Waals surface area contributed by atoms with E-state index in [9.17, 15) is 4.79 Å². The summed E-state index contributed by atoms with van der Waals surface area (Å²) in [6.45, 7) is 4.93. The van der Waals surface area contributed by atoms with Gasteiger partial charge in [0.15, 0.2) is 0 Å². The van der Waals surface area contributed by atoms with E-state index in [4.69, 9.17) is 0 Å². The Balaban J connectivity index is 2.20. The number of rotatable bonds is 1. The van der Waals surface area contributed by atoms with Gasteiger partial charge < -0.3 is 4.90 Å². The monoisotopic (exact) mass is 207 g/mol. The van der Waals surface area contributed by atoms with Crippen molar-refractivity contribution in [2.45, 2.75) is 26.3 Å². The number of carbonyl (C=O) groups is 1. The lowest BCUT2D eigenvalue weighted by Crippen LogP contribution is -2.46. The number of ketones is 1.